The second-order valence-corrected chi connectivity index (χ2v) is 7.47. The highest BCUT2D eigenvalue weighted by Crippen LogP contribution is 2.21. The van der Waals surface area contributed by atoms with Crippen molar-refractivity contribution in [2.45, 2.75) is 32.7 Å². The van der Waals surface area contributed by atoms with Crippen molar-refractivity contribution in [1.82, 2.24) is 14.9 Å². The first kappa shape index (κ1) is 20.0. The summed E-state index contributed by atoms with van der Waals surface area (Å²) in [5.74, 6) is 1.92. The van der Waals surface area contributed by atoms with E-state index in [1.54, 1.807) is 6.92 Å². The molecule has 5 nitrogen and oxygen atoms in total. The van der Waals surface area contributed by atoms with Gasteiger partial charge in [0.05, 0.1) is 17.6 Å². The molecule has 1 aromatic heterocycles. The number of imidazole rings is 1. The normalized spacial score (nSPS) is 11.1. The molecular formula is C25H27N3O2. The van der Waals surface area contributed by atoms with Crippen LogP contribution in [0, 0.1) is 0 Å². The number of unbranched alkanes of at least 4 members (excludes halogenated alkanes) is 1. The van der Waals surface area contributed by atoms with Crippen LogP contribution in [0.25, 0.3) is 21.8 Å². The van der Waals surface area contributed by atoms with Crippen molar-refractivity contribution >= 4 is 27.7 Å². The first-order chi connectivity index (χ1) is 14.7. The Bertz CT molecular complexity index is 1150. The molecule has 0 fully saturated rings. The summed E-state index contributed by atoms with van der Waals surface area (Å²) < 4.78 is 8.24. The Morgan fingerprint density at radius 2 is 1.80 bits per heavy atom. The fraction of sp³-hybridized carbons (Fsp3) is 0.280. The molecule has 0 aliphatic rings. The highest BCUT2D eigenvalue weighted by molar-refractivity contribution is 5.83. The van der Waals surface area contributed by atoms with Gasteiger partial charge >= 0.3 is 0 Å². The Labute approximate surface area is 176 Å². The first-order valence-electron chi connectivity index (χ1n) is 10.5. The monoisotopic (exact) mass is 401 g/mol. The molecule has 0 saturated carbocycles. The van der Waals surface area contributed by atoms with Crippen LogP contribution in [0.1, 0.15) is 25.6 Å². The minimum atomic E-state index is -0.0106. The smallest absolute Gasteiger partial charge is 0.216 e. The van der Waals surface area contributed by atoms with Gasteiger partial charge in [-0.05, 0) is 47.9 Å². The number of benzene rings is 3. The zero-order valence-corrected chi connectivity index (χ0v) is 17.3. The van der Waals surface area contributed by atoms with E-state index in [1.807, 2.05) is 36.4 Å². The average molecular weight is 402 g/mol. The molecule has 1 heterocycles. The summed E-state index contributed by atoms with van der Waals surface area (Å²) in [6, 6.07) is 22.7. The van der Waals surface area contributed by atoms with E-state index in [2.05, 4.69) is 40.2 Å². The van der Waals surface area contributed by atoms with Crippen LogP contribution < -0.4 is 10.1 Å². The number of para-hydroxylation sites is 2. The van der Waals surface area contributed by atoms with Gasteiger partial charge in [-0.3, -0.25) is 4.79 Å². The van der Waals surface area contributed by atoms with Gasteiger partial charge in [-0.1, -0.05) is 42.5 Å². The number of hydrogen-bond acceptors (Lipinski definition) is 3. The Morgan fingerprint density at radius 3 is 2.67 bits per heavy atom. The minimum Gasteiger partial charge on any atom is -0.494 e. The second kappa shape index (κ2) is 9.44. The summed E-state index contributed by atoms with van der Waals surface area (Å²) in [5.41, 5.74) is 2.15. The van der Waals surface area contributed by atoms with Crippen LogP contribution in [0.5, 0.6) is 5.75 Å². The molecule has 30 heavy (non-hydrogen) atoms. The predicted molar refractivity (Wildman–Crippen MR) is 121 cm³/mol. The molecule has 0 aliphatic heterocycles. The molecule has 0 spiro atoms. The molecule has 0 bridgehead atoms. The number of aryl methyl sites for hydroxylation is 1. The maximum atomic E-state index is 11.2. The van der Waals surface area contributed by atoms with Gasteiger partial charge in [0.25, 0.3) is 0 Å². The Balaban J connectivity index is 1.34. The largest absolute Gasteiger partial charge is 0.494 e. The van der Waals surface area contributed by atoms with E-state index in [4.69, 9.17) is 9.72 Å². The van der Waals surface area contributed by atoms with Gasteiger partial charge in [-0.25, -0.2) is 4.98 Å². The molecule has 5 heteroatoms. The summed E-state index contributed by atoms with van der Waals surface area (Å²) in [4.78, 5) is 15.9. The van der Waals surface area contributed by atoms with E-state index >= 15 is 0 Å². The Hall–Kier alpha value is -3.34. The number of carbonyl (C=O) groups is 1. The molecule has 0 unspecified atom stereocenters. The van der Waals surface area contributed by atoms with Crippen molar-refractivity contribution in [2.24, 2.45) is 0 Å². The van der Waals surface area contributed by atoms with E-state index in [1.165, 1.54) is 10.8 Å². The lowest BCUT2D eigenvalue weighted by Crippen LogP contribution is -2.23. The van der Waals surface area contributed by atoms with E-state index in [0.717, 1.165) is 48.4 Å². The lowest BCUT2D eigenvalue weighted by atomic mass is 10.1. The lowest BCUT2D eigenvalue weighted by Gasteiger charge is -2.11. The zero-order chi connectivity index (χ0) is 20.8. The summed E-state index contributed by atoms with van der Waals surface area (Å²) in [5, 5.41) is 5.28. The number of aromatic nitrogens is 2. The number of hydrogen-bond donors (Lipinski definition) is 1. The summed E-state index contributed by atoms with van der Waals surface area (Å²) in [6.07, 6.45) is 2.69. The maximum absolute atomic E-state index is 11.2. The standard InChI is InChI=1S/C25H27N3O2/c1-19(29)26-15-14-25-27-23-10-4-5-11-24(23)28(25)16-6-7-17-30-22-13-12-20-8-2-3-9-21(20)18-22/h2-5,8-13,18H,6-7,14-17H2,1H3,(H,26,29). The maximum Gasteiger partial charge on any atom is 0.216 e. The topological polar surface area (TPSA) is 56.2 Å². The van der Waals surface area contributed by atoms with E-state index in [9.17, 15) is 4.79 Å². The van der Waals surface area contributed by atoms with E-state index in [-0.39, 0.29) is 5.91 Å². The number of fused-ring (bicyclic) bond motifs is 2. The van der Waals surface area contributed by atoms with Crippen molar-refractivity contribution in [3.8, 4) is 5.75 Å². The first-order valence-corrected chi connectivity index (χ1v) is 10.5. The predicted octanol–water partition coefficient (Wildman–Crippen LogP) is 4.73. The fourth-order valence-electron chi connectivity index (χ4n) is 3.74. The van der Waals surface area contributed by atoms with Crippen LogP contribution in [-0.2, 0) is 17.8 Å². The van der Waals surface area contributed by atoms with Crippen molar-refractivity contribution in [2.75, 3.05) is 13.2 Å². The van der Waals surface area contributed by atoms with Crippen molar-refractivity contribution in [3.05, 3.63) is 72.6 Å². The minimum absolute atomic E-state index is 0.0106. The van der Waals surface area contributed by atoms with Gasteiger partial charge in [0.1, 0.15) is 11.6 Å². The van der Waals surface area contributed by atoms with Gasteiger partial charge in [-0.2, -0.15) is 0 Å². The molecule has 3 aromatic carbocycles. The average Bonchev–Trinajstić information content (AvgIpc) is 3.10. The molecule has 0 radical (unpaired) electrons. The van der Waals surface area contributed by atoms with Gasteiger partial charge in [0, 0.05) is 26.4 Å². The highest BCUT2D eigenvalue weighted by atomic mass is 16.5. The molecule has 4 rings (SSSR count). The summed E-state index contributed by atoms with van der Waals surface area (Å²) in [6.45, 7) is 3.71. The van der Waals surface area contributed by atoms with Crippen LogP contribution in [0.15, 0.2) is 66.7 Å². The van der Waals surface area contributed by atoms with Crippen LogP contribution in [0.4, 0.5) is 0 Å². The van der Waals surface area contributed by atoms with Crippen molar-refractivity contribution in [3.63, 3.8) is 0 Å². The molecule has 0 saturated heterocycles. The summed E-state index contributed by atoms with van der Waals surface area (Å²) in [7, 11) is 0. The van der Waals surface area contributed by atoms with Crippen molar-refractivity contribution in [1.29, 1.82) is 0 Å². The van der Waals surface area contributed by atoms with Gasteiger partial charge < -0.3 is 14.6 Å². The molecular weight excluding hydrogens is 374 g/mol. The van der Waals surface area contributed by atoms with E-state index in [0.29, 0.717) is 13.2 Å². The molecule has 4 aromatic rings. The third-order valence-electron chi connectivity index (χ3n) is 5.22. The molecule has 0 aliphatic carbocycles. The van der Waals surface area contributed by atoms with Crippen LogP contribution in [-0.4, -0.2) is 28.6 Å². The number of ether oxygens (including phenoxy) is 1. The van der Waals surface area contributed by atoms with Crippen LogP contribution in [0.2, 0.25) is 0 Å². The molecule has 1 N–H and O–H groups in total. The third-order valence-corrected chi connectivity index (χ3v) is 5.22. The number of rotatable bonds is 9. The highest BCUT2D eigenvalue weighted by Gasteiger charge is 2.10. The fourth-order valence-corrected chi connectivity index (χ4v) is 3.74. The van der Waals surface area contributed by atoms with Crippen LogP contribution in [0.3, 0.4) is 0 Å². The Kier molecular flexibility index (Phi) is 6.28. The SMILES string of the molecule is CC(=O)NCCc1nc2ccccc2n1CCCCOc1ccc2ccccc2c1. The Morgan fingerprint density at radius 1 is 1.00 bits per heavy atom. The molecule has 154 valence electrons. The number of carbonyl (C=O) groups excluding carboxylic acids is 1. The number of nitrogens with one attached hydrogen (secondary N) is 1. The van der Waals surface area contributed by atoms with Crippen molar-refractivity contribution < 1.29 is 9.53 Å². The number of amides is 1. The van der Waals surface area contributed by atoms with Gasteiger partial charge in [-0.15, -0.1) is 0 Å². The molecule has 1 amide bonds. The van der Waals surface area contributed by atoms with Crippen LogP contribution >= 0.6 is 0 Å². The van der Waals surface area contributed by atoms with Gasteiger partial charge in [0.15, 0.2) is 0 Å². The van der Waals surface area contributed by atoms with E-state index < -0.39 is 0 Å². The zero-order valence-electron chi connectivity index (χ0n) is 17.3. The lowest BCUT2D eigenvalue weighted by molar-refractivity contribution is -0.118. The number of nitrogens with zero attached hydrogens (tertiary/aromatic N) is 2. The quantitative estimate of drug-likeness (QED) is 0.413. The molecule has 0 atom stereocenters. The third kappa shape index (κ3) is 4.79. The van der Waals surface area contributed by atoms with Gasteiger partial charge in [0.2, 0.25) is 5.91 Å². The second-order valence-electron chi connectivity index (χ2n) is 7.47. The summed E-state index contributed by atoms with van der Waals surface area (Å²) >= 11 is 0.